The first-order valence-electron chi connectivity index (χ1n) is 5.97. The van der Waals surface area contributed by atoms with Crippen molar-refractivity contribution < 1.29 is 43.0 Å². The highest BCUT2D eigenvalue weighted by atomic mass is 32.3. The van der Waals surface area contributed by atoms with Gasteiger partial charge in [0, 0.05) is 0 Å². The molecule has 0 N–H and O–H groups in total. The van der Waals surface area contributed by atoms with E-state index in [1.807, 2.05) is 0 Å². The van der Waals surface area contributed by atoms with E-state index in [2.05, 4.69) is 4.18 Å². The molecule has 23 heavy (non-hydrogen) atoms. The molecule has 0 amide bonds. The summed E-state index contributed by atoms with van der Waals surface area (Å²) in [4.78, 5) is 0. The van der Waals surface area contributed by atoms with Gasteiger partial charge in [0.05, 0.1) is 13.7 Å². The van der Waals surface area contributed by atoms with E-state index >= 15 is 0 Å². The second kappa shape index (κ2) is 6.86. The fraction of sp³-hybridized carbons (Fsp3) is 0.667. The first-order valence-corrected chi connectivity index (χ1v) is 10.2. The monoisotopic (exact) mass is 399 g/mol. The minimum atomic E-state index is -6.31. The Kier molecular flexibility index (Phi) is 5.98. The lowest BCUT2D eigenvalue weighted by Crippen LogP contribution is -2.45. The van der Waals surface area contributed by atoms with Crippen molar-refractivity contribution in [2.45, 2.75) is 22.8 Å². The van der Waals surface area contributed by atoms with E-state index in [4.69, 9.17) is 0 Å². The zero-order valence-corrected chi connectivity index (χ0v) is 14.4. The van der Waals surface area contributed by atoms with Gasteiger partial charge in [0.25, 0.3) is 16.2 Å². The molecule has 0 radical (unpaired) electrons. The first-order chi connectivity index (χ1) is 10.4. The van der Waals surface area contributed by atoms with Crippen LogP contribution in [0, 0.1) is 0 Å². The first kappa shape index (κ1) is 20.1. The van der Waals surface area contributed by atoms with E-state index < -0.39 is 40.4 Å². The van der Waals surface area contributed by atoms with Gasteiger partial charge >= 0.3 is 19.4 Å². The molecule has 0 aliphatic heterocycles. The summed E-state index contributed by atoms with van der Waals surface area (Å²) in [5.41, 5.74) is -5.91. The van der Waals surface area contributed by atoms with Gasteiger partial charge in [-0.1, -0.05) is 6.92 Å². The summed E-state index contributed by atoms with van der Waals surface area (Å²) >= 11 is -3.26. The molecular weight excluding hydrogens is 385 g/mol. The molecule has 0 saturated carbocycles. The average molecular weight is 399 g/mol. The zero-order chi connectivity index (χ0) is 18.1. The van der Waals surface area contributed by atoms with Crippen molar-refractivity contribution in [3.8, 4) is 0 Å². The highest BCUT2D eigenvalue weighted by Gasteiger charge is 2.61. The van der Waals surface area contributed by atoms with Gasteiger partial charge in [0.2, 0.25) is 0 Å². The van der Waals surface area contributed by atoms with E-state index in [0.29, 0.717) is 0 Å². The Balaban J connectivity index is 3.50. The standard InChI is InChI=1S/C9H14F3N2O6S3/c1-3-6-20-21(15)8(22(16,17)9(10,11)12)23(18,19)14-5-4-13(2)7-14/h4-5,7-8H,3,6H2,1-2H3/q+1. The predicted molar refractivity (Wildman–Crippen MR) is 73.1 cm³/mol. The van der Waals surface area contributed by atoms with Gasteiger partial charge in [-0.25, -0.2) is 17.2 Å². The van der Waals surface area contributed by atoms with Crippen molar-refractivity contribution in [3.05, 3.63) is 18.7 Å². The van der Waals surface area contributed by atoms with Gasteiger partial charge in [-0.2, -0.15) is 21.6 Å². The van der Waals surface area contributed by atoms with E-state index in [1.165, 1.54) is 14.0 Å². The van der Waals surface area contributed by atoms with Crippen LogP contribution in [-0.2, 0) is 42.2 Å². The summed E-state index contributed by atoms with van der Waals surface area (Å²) in [6, 6.07) is 0. The van der Waals surface area contributed by atoms with Gasteiger partial charge in [0.15, 0.2) is 11.1 Å². The third-order valence-corrected chi connectivity index (χ3v) is 9.50. The van der Waals surface area contributed by atoms with Crippen molar-refractivity contribution in [1.82, 2.24) is 3.97 Å². The Hall–Kier alpha value is -0.990. The van der Waals surface area contributed by atoms with Crippen LogP contribution in [0.15, 0.2) is 18.7 Å². The lowest BCUT2D eigenvalue weighted by atomic mass is 10.5. The molecule has 0 aliphatic rings. The molecule has 14 heteroatoms. The Labute approximate surface area is 133 Å². The summed E-state index contributed by atoms with van der Waals surface area (Å²) in [7, 11) is -10.1. The number of alkyl halides is 3. The summed E-state index contributed by atoms with van der Waals surface area (Å²) in [5, 5.41) is 0. The molecule has 0 spiro atoms. The number of halogens is 3. The lowest BCUT2D eigenvalue weighted by Gasteiger charge is -2.16. The number of nitrogens with zero attached hydrogens (tertiary/aromatic N) is 2. The van der Waals surface area contributed by atoms with Gasteiger partial charge in [-0.3, -0.25) is 4.18 Å². The van der Waals surface area contributed by atoms with E-state index in [-0.39, 0.29) is 17.0 Å². The van der Waals surface area contributed by atoms with Crippen molar-refractivity contribution in [1.29, 1.82) is 0 Å². The minimum absolute atomic E-state index is 0.197. The lowest BCUT2D eigenvalue weighted by molar-refractivity contribution is -0.670. The molecule has 0 fully saturated rings. The van der Waals surface area contributed by atoms with Crippen molar-refractivity contribution in [2.75, 3.05) is 6.61 Å². The van der Waals surface area contributed by atoms with E-state index in [1.54, 1.807) is 0 Å². The quantitative estimate of drug-likeness (QED) is 0.588. The number of hydrogen-bond acceptors (Lipinski definition) is 6. The van der Waals surface area contributed by atoms with Crippen LogP contribution in [0.4, 0.5) is 13.2 Å². The fourth-order valence-corrected chi connectivity index (χ4v) is 7.22. The zero-order valence-electron chi connectivity index (χ0n) is 11.9. The molecule has 0 saturated heterocycles. The summed E-state index contributed by atoms with van der Waals surface area (Å²) in [5.74, 6) is 0. The van der Waals surface area contributed by atoms with Crippen LogP contribution in [0.1, 0.15) is 13.3 Å². The SMILES string of the molecule is CCCOS(=O)C(S(=O)(=O)n1cc[n+](C)c1)S(=O)(=O)C(F)(F)F. The van der Waals surface area contributed by atoms with Gasteiger partial charge in [-0.15, -0.1) is 3.97 Å². The van der Waals surface area contributed by atoms with Crippen molar-refractivity contribution in [2.24, 2.45) is 7.05 Å². The minimum Gasteiger partial charge on any atom is -0.289 e. The van der Waals surface area contributed by atoms with Gasteiger partial charge < -0.3 is 0 Å². The number of aromatic nitrogens is 2. The number of sulfone groups is 1. The second-order valence-electron chi connectivity index (χ2n) is 4.32. The molecule has 0 aliphatic carbocycles. The summed E-state index contributed by atoms with van der Waals surface area (Å²) in [6.07, 6.45) is 3.00. The Bertz CT molecular complexity index is 784. The molecule has 1 heterocycles. The molecule has 1 aromatic rings. The third-order valence-electron chi connectivity index (χ3n) is 2.42. The Morgan fingerprint density at radius 2 is 1.87 bits per heavy atom. The van der Waals surface area contributed by atoms with Crippen LogP contribution in [0.3, 0.4) is 0 Å². The van der Waals surface area contributed by atoms with Crippen LogP contribution in [-0.4, -0.2) is 41.0 Å². The maximum absolute atomic E-state index is 12.8. The molecule has 1 rings (SSSR count). The number of rotatable bonds is 7. The number of aryl methyl sites for hydroxylation is 1. The van der Waals surface area contributed by atoms with Crippen LogP contribution in [0.2, 0.25) is 0 Å². The number of hydrogen-bond donors (Lipinski definition) is 0. The highest BCUT2D eigenvalue weighted by Crippen LogP contribution is 2.32. The van der Waals surface area contributed by atoms with Gasteiger partial charge in [-0.05, 0) is 6.42 Å². The van der Waals surface area contributed by atoms with Crippen LogP contribution in [0.25, 0.3) is 0 Å². The molecule has 0 bridgehead atoms. The Morgan fingerprint density at radius 3 is 2.26 bits per heavy atom. The fourth-order valence-electron chi connectivity index (χ4n) is 1.37. The second-order valence-corrected chi connectivity index (χ2v) is 10.4. The van der Waals surface area contributed by atoms with Crippen molar-refractivity contribution >= 4 is 30.9 Å². The molecule has 134 valence electrons. The van der Waals surface area contributed by atoms with Crippen LogP contribution >= 0.6 is 0 Å². The summed E-state index contributed by atoms with van der Waals surface area (Å²) < 4.78 is 100. The van der Waals surface area contributed by atoms with Gasteiger partial charge in [0.1, 0.15) is 12.4 Å². The topological polar surface area (TPSA) is 103 Å². The Morgan fingerprint density at radius 1 is 1.30 bits per heavy atom. The van der Waals surface area contributed by atoms with Crippen molar-refractivity contribution in [3.63, 3.8) is 0 Å². The third kappa shape index (κ3) is 4.10. The molecule has 0 aromatic carbocycles. The number of imidazole rings is 1. The normalized spacial score (nSPS) is 16.2. The summed E-state index contributed by atoms with van der Waals surface area (Å²) in [6.45, 7) is 1.15. The maximum Gasteiger partial charge on any atom is 0.499 e. The van der Waals surface area contributed by atoms with Crippen LogP contribution in [0.5, 0.6) is 0 Å². The maximum atomic E-state index is 12.8. The predicted octanol–water partition coefficient (Wildman–Crippen LogP) is -0.201. The smallest absolute Gasteiger partial charge is 0.289 e. The average Bonchev–Trinajstić information content (AvgIpc) is 2.82. The van der Waals surface area contributed by atoms with E-state index in [9.17, 15) is 34.2 Å². The van der Waals surface area contributed by atoms with Crippen LogP contribution < -0.4 is 4.57 Å². The molecular formula is C9H14F3N2O6S3+. The molecule has 2 unspecified atom stereocenters. The molecule has 1 aromatic heterocycles. The molecule has 2 atom stereocenters. The van der Waals surface area contributed by atoms with E-state index in [0.717, 1.165) is 23.3 Å². The highest BCUT2D eigenvalue weighted by molar-refractivity contribution is 8.21. The molecule has 8 nitrogen and oxygen atoms in total. The largest absolute Gasteiger partial charge is 0.499 e.